The van der Waals surface area contributed by atoms with Crippen LogP contribution in [-0.2, 0) is 9.59 Å². The minimum absolute atomic E-state index is 0.149. The zero-order valence-electron chi connectivity index (χ0n) is 12.0. The van der Waals surface area contributed by atoms with Gasteiger partial charge in [-0.3, -0.25) is 14.4 Å². The van der Waals surface area contributed by atoms with Crippen LogP contribution in [0.2, 0.25) is 0 Å². The minimum Gasteiger partial charge on any atom is -0.298 e. The lowest BCUT2D eigenvalue weighted by Gasteiger charge is -2.25. The quantitative estimate of drug-likeness (QED) is 0.611. The Hall–Kier alpha value is -1.77. The molecule has 1 aromatic carbocycles. The highest BCUT2D eigenvalue weighted by atomic mass is 16.2. The first-order valence-electron chi connectivity index (χ1n) is 7.15. The van der Waals surface area contributed by atoms with Gasteiger partial charge >= 0.3 is 0 Å². The predicted molar refractivity (Wildman–Crippen MR) is 76.5 cm³/mol. The van der Waals surface area contributed by atoms with E-state index in [4.69, 9.17) is 0 Å². The van der Waals surface area contributed by atoms with Crippen molar-refractivity contribution < 1.29 is 14.4 Å². The minimum atomic E-state index is -1.41. The van der Waals surface area contributed by atoms with Crippen molar-refractivity contribution in [1.82, 2.24) is 0 Å². The van der Waals surface area contributed by atoms with E-state index in [1.807, 2.05) is 19.9 Å². The summed E-state index contributed by atoms with van der Waals surface area (Å²) in [5, 5.41) is 0. The molecule has 1 aliphatic carbocycles. The summed E-state index contributed by atoms with van der Waals surface area (Å²) in [7, 11) is 0. The molecule has 0 unspecified atom stereocenters. The molecular formula is C17H20O3. The highest BCUT2D eigenvalue weighted by molar-refractivity contribution is 6.29. The molecule has 0 heterocycles. The largest absolute Gasteiger partial charge is 0.298 e. The summed E-state index contributed by atoms with van der Waals surface area (Å²) < 4.78 is 0. The molecule has 1 fully saturated rings. The molecule has 0 N–H and O–H groups in total. The Morgan fingerprint density at radius 1 is 1.20 bits per heavy atom. The van der Waals surface area contributed by atoms with Crippen LogP contribution in [0.1, 0.15) is 49.9 Å². The lowest BCUT2D eigenvalue weighted by atomic mass is 9.72. The van der Waals surface area contributed by atoms with Crippen LogP contribution in [0.15, 0.2) is 30.3 Å². The maximum Gasteiger partial charge on any atom is 0.183 e. The molecule has 3 heteroatoms. The summed E-state index contributed by atoms with van der Waals surface area (Å²) >= 11 is 0. The van der Waals surface area contributed by atoms with Crippen molar-refractivity contribution in [3.8, 4) is 0 Å². The highest BCUT2D eigenvalue weighted by Crippen LogP contribution is 2.40. The van der Waals surface area contributed by atoms with Crippen molar-refractivity contribution in [2.24, 2.45) is 11.3 Å². The van der Waals surface area contributed by atoms with Gasteiger partial charge in [0.1, 0.15) is 5.41 Å². The van der Waals surface area contributed by atoms with Crippen LogP contribution in [0, 0.1) is 11.3 Å². The number of rotatable bonds is 5. The Morgan fingerprint density at radius 3 is 2.35 bits per heavy atom. The fourth-order valence-corrected chi connectivity index (χ4v) is 2.91. The molecule has 0 amide bonds. The van der Waals surface area contributed by atoms with Gasteiger partial charge in [0, 0.05) is 18.4 Å². The maximum absolute atomic E-state index is 12.8. The van der Waals surface area contributed by atoms with Crippen LogP contribution in [-0.4, -0.2) is 17.3 Å². The van der Waals surface area contributed by atoms with Gasteiger partial charge in [-0.15, -0.1) is 0 Å². The third-order valence-electron chi connectivity index (χ3n) is 3.92. The summed E-state index contributed by atoms with van der Waals surface area (Å²) in [6, 6.07) is 8.69. The Labute approximate surface area is 119 Å². The zero-order valence-corrected chi connectivity index (χ0v) is 12.0. The van der Waals surface area contributed by atoms with E-state index in [0.29, 0.717) is 24.8 Å². The first kappa shape index (κ1) is 14.6. The van der Waals surface area contributed by atoms with Crippen LogP contribution in [0.25, 0.3) is 0 Å². The molecule has 0 aliphatic heterocycles. The van der Waals surface area contributed by atoms with Gasteiger partial charge in [-0.25, -0.2) is 0 Å². The standard InChI is InChI=1S/C17H20O3/c1-12(2)11-15(19)17(10-6-9-14(17)18)16(20)13-7-4-3-5-8-13/h3-5,7-8,12H,6,9-11H2,1-2H3/t17-/m0/s1. The number of benzene rings is 1. The predicted octanol–water partition coefficient (Wildman–Crippen LogP) is 3.22. The molecule has 0 bridgehead atoms. The van der Waals surface area contributed by atoms with E-state index >= 15 is 0 Å². The SMILES string of the molecule is CC(C)CC(=O)[C@]1(C(=O)c2ccccc2)CCCC1=O. The molecular weight excluding hydrogens is 252 g/mol. The van der Waals surface area contributed by atoms with Crippen molar-refractivity contribution in [1.29, 1.82) is 0 Å². The molecule has 20 heavy (non-hydrogen) atoms. The van der Waals surface area contributed by atoms with Crippen LogP contribution in [0.5, 0.6) is 0 Å². The molecule has 3 nitrogen and oxygen atoms in total. The molecule has 0 saturated heterocycles. The monoisotopic (exact) mass is 272 g/mol. The van der Waals surface area contributed by atoms with Crippen LogP contribution >= 0.6 is 0 Å². The lowest BCUT2D eigenvalue weighted by molar-refractivity contribution is -0.135. The first-order chi connectivity index (χ1) is 9.48. The van der Waals surface area contributed by atoms with Gasteiger partial charge in [-0.2, -0.15) is 0 Å². The molecule has 1 aromatic rings. The molecule has 0 spiro atoms. The molecule has 0 radical (unpaired) electrons. The third kappa shape index (κ3) is 2.45. The molecule has 1 aliphatic rings. The summed E-state index contributed by atoms with van der Waals surface area (Å²) in [6.45, 7) is 3.86. The normalized spacial score (nSPS) is 22.2. The Kier molecular flexibility index (Phi) is 4.17. The van der Waals surface area contributed by atoms with Crippen LogP contribution in [0.3, 0.4) is 0 Å². The lowest BCUT2D eigenvalue weighted by Crippen LogP contribution is -2.43. The summed E-state index contributed by atoms with van der Waals surface area (Å²) in [5.74, 6) is -0.566. The maximum atomic E-state index is 12.8. The Balaban J connectivity index is 2.41. The molecule has 2 rings (SSSR count). The fourth-order valence-electron chi connectivity index (χ4n) is 2.91. The van der Waals surface area contributed by atoms with Gasteiger partial charge in [-0.05, 0) is 18.8 Å². The van der Waals surface area contributed by atoms with E-state index in [-0.39, 0.29) is 29.7 Å². The van der Waals surface area contributed by atoms with Gasteiger partial charge in [0.05, 0.1) is 0 Å². The van der Waals surface area contributed by atoms with E-state index in [2.05, 4.69) is 0 Å². The van der Waals surface area contributed by atoms with Gasteiger partial charge in [0.15, 0.2) is 17.3 Å². The number of Topliss-reactive ketones (excluding diaryl/α,β-unsaturated/α-hetero) is 3. The average Bonchev–Trinajstić information content (AvgIpc) is 2.81. The number of carbonyl (C=O) groups excluding carboxylic acids is 3. The molecule has 1 saturated carbocycles. The Bertz CT molecular complexity index is 530. The summed E-state index contributed by atoms with van der Waals surface area (Å²) in [5.41, 5.74) is -0.953. The third-order valence-corrected chi connectivity index (χ3v) is 3.92. The molecule has 1 atom stereocenters. The van der Waals surface area contributed by atoms with E-state index in [9.17, 15) is 14.4 Å². The smallest absolute Gasteiger partial charge is 0.183 e. The van der Waals surface area contributed by atoms with E-state index < -0.39 is 5.41 Å². The van der Waals surface area contributed by atoms with Gasteiger partial charge < -0.3 is 0 Å². The number of hydrogen-bond donors (Lipinski definition) is 0. The van der Waals surface area contributed by atoms with Crippen LogP contribution < -0.4 is 0 Å². The first-order valence-corrected chi connectivity index (χ1v) is 7.15. The van der Waals surface area contributed by atoms with Crippen LogP contribution in [0.4, 0.5) is 0 Å². The highest BCUT2D eigenvalue weighted by Gasteiger charge is 2.53. The second-order valence-corrected chi connectivity index (χ2v) is 5.90. The summed E-state index contributed by atoms with van der Waals surface area (Å²) in [4.78, 5) is 37.6. The average molecular weight is 272 g/mol. The second kappa shape index (κ2) is 5.70. The van der Waals surface area contributed by atoms with Crippen molar-refractivity contribution in [2.75, 3.05) is 0 Å². The van der Waals surface area contributed by atoms with Crippen molar-refractivity contribution in [2.45, 2.75) is 39.5 Å². The molecule has 0 aromatic heterocycles. The second-order valence-electron chi connectivity index (χ2n) is 5.90. The van der Waals surface area contributed by atoms with E-state index in [1.54, 1.807) is 24.3 Å². The topological polar surface area (TPSA) is 51.2 Å². The Morgan fingerprint density at radius 2 is 1.85 bits per heavy atom. The number of carbonyl (C=O) groups is 3. The van der Waals surface area contributed by atoms with Crippen molar-refractivity contribution >= 4 is 17.3 Å². The van der Waals surface area contributed by atoms with Crippen molar-refractivity contribution in [3.63, 3.8) is 0 Å². The zero-order chi connectivity index (χ0) is 14.8. The fraction of sp³-hybridized carbons (Fsp3) is 0.471. The van der Waals surface area contributed by atoms with E-state index in [1.165, 1.54) is 0 Å². The summed E-state index contributed by atoms with van der Waals surface area (Å²) in [6.07, 6.45) is 1.61. The van der Waals surface area contributed by atoms with Gasteiger partial charge in [0.25, 0.3) is 0 Å². The number of hydrogen-bond acceptors (Lipinski definition) is 3. The van der Waals surface area contributed by atoms with E-state index in [0.717, 1.165) is 0 Å². The van der Waals surface area contributed by atoms with Gasteiger partial charge in [0.2, 0.25) is 0 Å². The molecule has 106 valence electrons. The number of ketones is 3. The van der Waals surface area contributed by atoms with Crippen molar-refractivity contribution in [3.05, 3.63) is 35.9 Å². The van der Waals surface area contributed by atoms with Gasteiger partial charge in [-0.1, -0.05) is 44.2 Å².